The van der Waals surface area contributed by atoms with E-state index in [4.69, 9.17) is 0 Å². The first-order chi connectivity index (χ1) is 6.27. The number of hydrogen-bond donors (Lipinski definition) is 0. The van der Waals surface area contributed by atoms with Gasteiger partial charge in [0, 0.05) is 7.05 Å². The van der Waals surface area contributed by atoms with Gasteiger partial charge in [0.25, 0.3) is 0 Å². The fraction of sp³-hybridized carbons (Fsp3) is 0.125. The Kier molecular flexibility index (Phi) is 1.94. The van der Waals surface area contributed by atoms with Crippen molar-refractivity contribution in [2.24, 2.45) is 7.05 Å². The lowest BCUT2D eigenvalue weighted by Gasteiger charge is -1.96. The number of aromatic nitrogens is 3. The van der Waals surface area contributed by atoms with Crippen LogP contribution >= 0.6 is 11.3 Å². The van der Waals surface area contributed by atoms with Crippen molar-refractivity contribution in [2.45, 2.75) is 0 Å². The number of hydrogen-bond acceptors (Lipinski definition) is 4. The normalized spacial score (nSPS) is 10.2. The van der Waals surface area contributed by atoms with Gasteiger partial charge in [-0.15, -0.1) is 11.3 Å². The van der Waals surface area contributed by atoms with Gasteiger partial charge in [0.1, 0.15) is 5.69 Å². The number of aryl methyl sites for hydroxylation is 1. The van der Waals surface area contributed by atoms with E-state index in [0.717, 1.165) is 4.88 Å². The average molecular weight is 193 g/mol. The maximum Gasteiger partial charge on any atom is 0.364 e. The summed E-state index contributed by atoms with van der Waals surface area (Å²) >= 11 is 1.54. The van der Waals surface area contributed by atoms with E-state index in [2.05, 4.69) is 10.1 Å². The smallest absolute Gasteiger partial charge is 0.244 e. The molecule has 0 radical (unpaired) electrons. The van der Waals surface area contributed by atoms with E-state index in [1.165, 1.54) is 16.0 Å². The Balaban J connectivity index is 2.55. The molecule has 0 atom stereocenters. The third-order valence-corrected chi connectivity index (χ3v) is 2.51. The zero-order valence-corrected chi connectivity index (χ0v) is 7.78. The van der Waals surface area contributed by atoms with Crippen molar-refractivity contribution >= 4 is 11.3 Å². The molecule has 13 heavy (non-hydrogen) atoms. The van der Waals surface area contributed by atoms with E-state index in [0.29, 0.717) is 5.69 Å². The molecule has 0 bridgehead atoms. The second-order valence-electron chi connectivity index (χ2n) is 2.53. The Morgan fingerprint density at radius 2 is 2.38 bits per heavy atom. The molecule has 0 saturated heterocycles. The molecule has 0 aliphatic rings. The summed E-state index contributed by atoms with van der Waals surface area (Å²) in [6.45, 7) is 0. The van der Waals surface area contributed by atoms with Gasteiger partial charge in [0.15, 0.2) is 0 Å². The predicted molar refractivity (Wildman–Crippen MR) is 50.6 cm³/mol. The van der Waals surface area contributed by atoms with Crippen LogP contribution in [-0.4, -0.2) is 14.8 Å². The molecule has 0 fully saturated rings. The van der Waals surface area contributed by atoms with E-state index >= 15 is 0 Å². The summed E-state index contributed by atoms with van der Waals surface area (Å²) in [5, 5.41) is 5.82. The van der Waals surface area contributed by atoms with Crippen LogP contribution in [-0.2, 0) is 7.05 Å². The Hall–Kier alpha value is -1.49. The van der Waals surface area contributed by atoms with E-state index in [9.17, 15) is 4.79 Å². The van der Waals surface area contributed by atoms with Crippen LogP contribution in [0.5, 0.6) is 0 Å². The Morgan fingerprint density at radius 3 is 3.00 bits per heavy atom. The van der Waals surface area contributed by atoms with Crippen LogP contribution in [0.15, 0.2) is 28.5 Å². The first-order valence-electron chi connectivity index (χ1n) is 3.71. The molecule has 2 aromatic heterocycles. The zero-order chi connectivity index (χ0) is 9.26. The largest absolute Gasteiger partial charge is 0.364 e. The summed E-state index contributed by atoms with van der Waals surface area (Å²) in [7, 11) is 1.58. The van der Waals surface area contributed by atoms with Gasteiger partial charge in [0.2, 0.25) is 0 Å². The molecule has 0 aromatic carbocycles. The van der Waals surface area contributed by atoms with Gasteiger partial charge < -0.3 is 0 Å². The van der Waals surface area contributed by atoms with Gasteiger partial charge in [-0.1, -0.05) is 6.07 Å². The summed E-state index contributed by atoms with van der Waals surface area (Å²) < 4.78 is 1.21. The highest BCUT2D eigenvalue weighted by Gasteiger charge is 2.01. The summed E-state index contributed by atoms with van der Waals surface area (Å²) in [4.78, 5) is 16.0. The quantitative estimate of drug-likeness (QED) is 0.676. The van der Waals surface area contributed by atoms with Crippen LogP contribution in [0.4, 0.5) is 0 Å². The van der Waals surface area contributed by atoms with Crippen LogP contribution in [0, 0.1) is 0 Å². The molecule has 2 heterocycles. The van der Waals surface area contributed by atoms with Crippen LogP contribution < -0.4 is 5.69 Å². The fourth-order valence-corrected chi connectivity index (χ4v) is 1.62. The van der Waals surface area contributed by atoms with Gasteiger partial charge >= 0.3 is 5.69 Å². The molecule has 0 N–H and O–H groups in total. The molecule has 0 saturated carbocycles. The van der Waals surface area contributed by atoms with Crippen LogP contribution in [0.1, 0.15) is 0 Å². The maximum atomic E-state index is 11.1. The Labute approximate surface area is 78.5 Å². The number of rotatable bonds is 1. The summed E-state index contributed by atoms with van der Waals surface area (Å²) in [6, 6.07) is 3.83. The highest BCUT2D eigenvalue weighted by molar-refractivity contribution is 7.13. The van der Waals surface area contributed by atoms with E-state index in [1.54, 1.807) is 13.2 Å². The molecule has 2 rings (SSSR count). The van der Waals surface area contributed by atoms with Crippen molar-refractivity contribution < 1.29 is 0 Å². The summed E-state index contributed by atoms with van der Waals surface area (Å²) in [6.07, 6.45) is 1.59. The van der Waals surface area contributed by atoms with E-state index in [1.807, 2.05) is 17.5 Å². The topological polar surface area (TPSA) is 47.8 Å². The monoisotopic (exact) mass is 193 g/mol. The predicted octanol–water partition coefficient (Wildman–Crippen LogP) is 0.904. The molecule has 4 nitrogen and oxygen atoms in total. The average Bonchev–Trinajstić information content (AvgIpc) is 2.62. The SMILES string of the molecule is Cn1ncc(-c2cccs2)nc1=O. The minimum absolute atomic E-state index is 0.328. The van der Waals surface area contributed by atoms with Crippen molar-refractivity contribution in [3.8, 4) is 10.6 Å². The Bertz CT molecular complexity index is 460. The molecule has 0 unspecified atom stereocenters. The second kappa shape index (κ2) is 3.10. The van der Waals surface area contributed by atoms with Crippen molar-refractivity contribution in [1.82, 2.24) is 14.8 Å². The molecule has 0 aliphatic heterocycles. The molecule has 5 heteroatoms. The lowest BCUT2D eigenvalue weighted by molar-refractivity contribution is 0.677. The van der Waals surface area contributed by atoms with Gasteiger partial charge in [-0.25, -0.2) is 9.48 Å². The third kappa shape index (κ3) is 1.50. The maximum absolute atomic E-state index is 11.1. The molecule has 2 aromatic rings. The highest BCUT2D eigenvalue weighted by atomic mass is 32.1. The van der Waals surface area contributed by atoms with Gasteiger partial charge in [-0.2, -0.15) is 10.1 Å². The summed E-state index contributed by atoms with van der Waals surface area (Å²) in [5.74, 6) is 0. The molecule has 0 aliphatic carbocycles. The van der Waals surface area contributed by atoms with Crippen LogP contribution in [0.3, 0.4) is 0 Å². The van der Waals surface area contributed by atoms with Gasteiger partial charge in [0.05, 0.1) is 11.1 Å². The minimum atomic E-state index is -0.328. The van der Waals surface area contributed by atoms with Crippen molar-refractivity contribution in [2.75, 3.05) is 0 Å². The lowest BCUT2D eigenvalue weighted by Crippen LogP contribution is -2.22. The second-order valence-corrected chi connectivity index (χ2v) is 3.47. The molecule has 66 valence electrons. The summed E-state index contributed by atoms with van der Waals surface area (Å²) in [5.41, 5.74) is 0.309. The van der Waals surface area contributed by atoms with Gasteiger partial charge in [-0.3, -0.25) is 0 Å². The van der Waals surface area contributed by atoms with Crippen LogP contribution in [0.25, 0.3) is 10.6 Å². The molecule has 0 spiro atoms. The molecular formula is C8H7N3OS. The number of nitrogens with zero attached hydrogens (tertiary/aromatic N) is 3. The first kappa shape index (κ1) is 8.12. The highest BCUT2D eigenvalue weighted by Crippen LogP contribution is 2.19. The first-order valence-corrected chi connectivity index (χ1v) is 4.59. The Morgan fingerprint density at radius 1 is 1.54 bits per heavy atom. The van der Waals surface area contributed by atoms with Gasteiger partial charge in [-0.05, 0) is 11.4 Å². The zero-order valence-electron chi connectivity index (χ0n) is 6.97. The third-order valence-electron chi connectivity index (χ3n) is 1.62. The van der Waals surface area contributed by atoms with Crippen LogP contribution in [0.2, 0.25) is 0 Å². The van der Waals surface area contributed by atoms with Crippen molar-refractivity contribution in [3.63, 3.8) is 0 Å². The standard InChI is InChI=1S/C8H7N3OS/c1-11-8(12)10-6(5-9-11)7-3-2-4-13-7/h2-5H,1H3. The number of thiophene rings is 1. The molecule has 0 amide bonds. The van der Waals surface area contributed by atoms with Crippen molar-refractivity contribution in [3.05, 3.63) is 34.2 Å². The van der Waals surface area contributed by atoms with E-state index < -0.39 is 0 Å². The van der Waals surface area contributed by atoms with Crippen molar-refractivity contribution in [1.29, 1.82) is 0 Å². The minimum Gasteiger partial charge on any atom is -0.244 e. The van der Waals surface area contributed by atoms with E-state index in [-0.39, 0.29) is 5.69 Å². The fourth-order valence-electron chi connectivity index (χ4n) is 0.938. The molecular weight excluding hydrogens is 186 g/mol. The lowest BCUT2D eigenvalue weighted by atomic mass is 10.4.